The normalized spacial score (nSPS) is 40.1. The van der Waals surface area contributed by atoms with Crippen molar-refractivity contribution in [3.8, 4) is 0 Å². The molecular formula is C17H21F3N2. The van der Waals surface area contributed by atoms with Gasteiger partial charge in [0.1, 0.15) is 0 Å². The molecule has 0 aliphatic heterocycles. The van der Waals surface area contributed by atoms with Crippen LogP contribution >= 0.6 is 0 Å². The summed E-state index contributed by atoms with van der Waals surface area (Å²) in [7, 11) is 0. The average Bonchev–Trinajstić information content (AvgIpc) is 2.34. The van der Waals surface area contributed by atoms with E-state index < -0.39 is 11.6 Å². The van der Waals surface area contributed by atoms with Crippen molar-refractivity contribution in [3.05, 3.63) is 23.8 Å². The van der Waals surface area contributed by atoms with Crippen LogP contribution in [0.2, 0.25) is 0 Å². The van der Waals surface area contributed by atoms with E-state index >= 15 is 0 Å². The second kappa shape index (κ2) is 4.12. The summed E-state index contributed by atoms with van der Waals surface area (Å²) in [6, 6.07) is 5.35. The number of hydrogen-bond acceptors (Lipinski definition) is 2. The van der Waals surface area contributed by atoms with Crippen LogP contribution < -0.4 is 11.5 Å². The van der Waals surface area contributed by atoms with Gasteiger partial charge >= 0.3 is 6.18 Å². The summed E-state index contributed by atoms with van der Waals surface area (Å²) in [4.78, 5) is 0. The highest BCUT2D eigenvalue weighted by Crippen LogP contribution is 2.69. The first kappa shape index (κ1) is 14.2. The number of halogens is 3. The lowest BCUT2D eigenvalue weighted by Gasteiger charge is -2.62. The van der Waals surface area contributed by atoms with Gasteiger partial charge in [-0.25, -0.2) is 0 Å². The molecule has 0 aromatic heterocycles. The Hall–Kier alpha value is -1.39. The smallest absolute Gasteiger partial charge is 0.394 e. The van der Waals surface area contributed by atoms with Crippen molar-refractivity contribution >= 4 is 11.4 Å². The van der Waals surface area contributed by atoms with Crippen molar-refractivity contribution in [3.63, 3.8) is 0 Å². The van der Waals surface area contributed by atoms with E-state index in [0.717, 1.165) is 24.8 Å². The van der Waals surface area contributed by atoms with Crippen molar-refractivity contribution in [1.29, 1.82) is 0 Å². The van der Waals surface area contributed by atoms with Gasteiger partial charge in [-0.1, -0.05) is 0 Å². The molecule has 1 aromatic rings. The SMILES string of the molecule is Nc1cc(N)cc(C23CC4CC(C2)CC(C(F)(F)F)(C4)C3)c1. The zero-order chi connectivity index (χ0) is 15.8. The third-order valence-electron chi connectivity index (χ3n) is 6.25. The summed E-state index contributed by atoms with van der Waals surface area (Å²) < 4.78 is 41.4. The average molecular weight is 310 g/mol. The summed E-state index contributed by atoms with van der Waals surface area (Å²) in [5, 5.41) is 0. The first-order valence-corrected chi connectivity index (χ1v) is 7.95. The minimum absolute atomic E-state index is 0.186. The maximum absolute atomic E-state index is 13.8. The summed E-state index contributed by atoms with van der Waals surface area (Å²) in [6.45, 7) is 0. The third kappa shape index (κ3) is 1.87. The van der Waals surface area contributed by atoms with Gasteiger partial charge in [0.25, 0.3) is 0 Å². The molecule has 0 spiro atoms. The monoisotopic (exact) mass is 310 g/mol. The largest absolute Gasteiger partial charge is 0.399 e. The van der Waals surface area contributed by atoms with Gasteiger partial charge in [0.05, 0.1) is 5.41 Å². The van der Waals surface area contributed by atoms with Crippen LogP contribution in [0.4, 0.5) is 24.5 Å². The Morgan fingerprint density at radius 1 is 0.909 bits per heavy atom. The van der Waals surface area contributed by atoms with Crippen LogP contribution in [0.1, 0.15) is 44.1 Å². The lowest BCUT2D eigenvalue weighted by atomic mass is 9.42. The maximum Gasteiger partial charge on any atom is 0.394 e. The van der Waals surface area contributed by atoms with E-state index in [4.69, 9.17) is 11.5 Å². The number of hydrogen-bond donors (Lipinski definition) is 2. The quantitative estimate of drug-likeness (QED) is 0.762. The van der Waals surface area contributed by atoms with Crippen molar-refractivity contribution < 1.29 is 13.2 Å². The fourth-order valence-corrected chi connectivity index (χ4v) is 5.91. The van der Waals surface area contributed by atoms with Crippen LogP contribution in [0.25, 0.3) is 0 Å². The van der Waals surface area contributed by atoms with E-state index in [0.29, 0.717) is 24.2 Å². The third-order valence-corrected chi connectivity index (χ3v) is 6.25. The molecule has 4 aliphatic rings. The Balaban J connectivity index is 1.82. The Labute approximate surface area is 128 Å². The predicted molar refractivity (Wildman–Crippen MR) is 80.1 cm³/mol. The molecule has 5 rings (SSSR count). The first-order chi connectivity index (χ1) is 10.2. The van der Waals surface area contributed by atoms with Gasteiger partial charge < -0.3 is 11.5 Å². The molecule has 4 fully saturated rings. The summed E-state index contributed by atoms with van der Waals surface area (Å²) in [6.07, 6.45) is -0.619. The summed E-state index contributed by atoms with van der Waals surface area (Å²) >= 11 is 0. The Bertz CT molecular complexity index is 589. The highest BCUT2D eigenvalue weighted by molar-refractivity contribution is 5.56. The van der Waals surface area contributed by atoms with E-state index in [9.17, 15) is 13.2 Å². The molecule has 0 amide bonds. The van der Waals surface area contributed by atoms with E-state index in [1.165, 1.54) is 0 Å². The standard InChI is InChI=1S/C17H21F3N2/c18-17(19,20)16-7-10-1-11(8-16)6-15(5-10,9-16)12-2-13(21)4-14(22)3-12/h2-4,10-11H,1,5-9,21-22H2. The maximum atomic E-state index is 13.8. The van der Waals surface area contributed by atoms with Crippen LogP contribution in [0.3, 0.4) is 0 Å². The Morgan fingerprint density at radius 3 is 1.95 bits per heavy atom. The molecule has 22 heavy (non-hydrogen) atoms. The van der Waals surface area contributed by atoms with Crippen LogP contribution in [0, 0.1) is 17.3 Å². The second-order valence-electron chi connectivity index (χ2n) is 7.91. The van der Waals surface area contributed by atoms with Crippen molar-refractivity contribution in [2.24, 2.45) is 17.3 Å². The van der Waals surface area contributed by atoms with Gasteiger partial charge in [0, 0.05) is 11.4 Å². The molecule has 4 bridgehead atoms. The molecule has 2 atom stereocenters. The number of rotatable bonds is 1. The lowest BCUT2D eigenvalue weighted by Crippen LogP contribution is -2.59. The van der Waals surface area contributed by atoms with Crippen LogP contribution in [0.15, 0.2) is 18.2 Å². The van der Waals surface area contributed by atoms with Gasteiger partial charge in [-0.05, 0) is 79.5 Å². The molecular weight excluding hydrogens is 289 g/mol. The molecule has 2 unspecified atom stereocenters. The number of anilines is 2. The molecule has 4 saturated carbocycles. The first-order valence-electron chi connectivity index (χ1n) is 7.95. The van der Waals surface area contributed by atoms with Gasteiger partial charge in [-0.2, -0.15) is 13.2 Å². The molecule has 5 heteroatoms. The Morgan fingerprint density at radius 2 is 1.45 bits per heavy atom. The van der Waals surface area contributed by atoms with Gasteiger partial charge in [-0.15, -0.1) is 0 Å². The van der Waals surface area contributed by atoms with Crippen molar-refractivity contribution in [2.75, 3.05) is 11.5 Å². The highest BCUT2D eigenvalue weighted by Gasteiger charge is 2.67. The zero-order valence-corrected chi connectivity index (χ0v) is 12.4. The van der Waals surface area contributed by atoms with Gasteiger partial charge in [0.15, 0.2) is 0 Å². The minimum Gasteiger partial charge on any atom is -0.399 e. The molecule has 0 heterocycles. The van der Waals surface area contributed by atoms with Crippen LogP contribution in [0.5, 0.6) is 0 Å². The molecule has 0 saturated heterocycles. The van der Waals surface area contributed by atoms with Crippen LogP contribution in [-0.4, -0.2) is 6.18 Å². The van der Waals surface area contributed by atoms with Crippen molar-refractivity contribution in [2.45, 2.75) is 50.1 Å². The number of alkyl halides is 3. The zero-order valence-electron chi connectivity index (χ0n) is 12.4. The number of benzene rings is 1. The van der Waals surface area contributed by atoms with Gasteiger partial charge in [0.2, 0.25) is 0 Å². The van der Waals surface area contributed by atoms with Gasteiger partial charge in [-0.3, -0.25) is 0 Å². The van der Waals surface area contributed by atoms with E-state index in [2.05, 4.69) is 0 Å². The molecule has 1 aromatic carbocycles. The Kier molecular flexibility index (Phi) is 2.66. The molecule has 0 radical (unpaired) electrons. The van der Waals surface area contributed by atoms with Crippen molar-refractivity contribution in [1.82, 2.24) is 0 Å². The van der Waals surface area contributed by atoms with E-state index in [1.54, 1.807) is 6.07 Å². The lowest BCUT2D eigenvalue weighted by molar-refractivity contribution is -0.277. The number of nitrogens with two attached hydrogens (primary N) is 2. The second-order valence-corrected chi connectivity index (χ2v) is 7.91. The molecule has 4 N–H and O–H groups in total. The fraction of sp³-hybridized carbons (Fsp3) is 0.647. The van der Waals surface area contributed by atoms with E-state index in [-0.39, 0.29) is 23.7 Å². The topological polar surface area (TPSA) is 52.0 Å². The summed E-state index contributed by atoms with van der Waals surface area (Å²) in [5.41, 5.74) is 11.9. The fourth-order valence-electron chi connectivity index (χ4n) is 5.91. The number of nitrogen functional groups attached to an aromatic ring is 2. The van der Waals surface area contributed by atoms with Crippen LogP contribution in [-0.2, 0) is 5.41 Å². The minimum atomic E-state index is -4.11. The molecule has 4 aliphatic carbocycles. The summed E-state index contributed by atoms with van der Waals surface area (Å²) in [5.74, 6) is 0.371. The van der Waals surface area contributed by atoms with E-state index in [1.807, 2.05) is 12.1 Å². The highest BCUT2D eigenvalue weighted by atomic mass is 19.4. The molecule has 2 nitrogen and oxygen atoms in total. The predicted octanol–water partition coefficient (Wildman–Crippen LogP) is 4.25. The molecule has 120 valence electrons.